The van der Waals surface area contributed by atoms with Crippen LogP contribution < -0.4 is 51.9 Å². The Morgan fingerprint density at radius 3 is 0.333 bits per heavy atom. The van der Waals surface area contributed by atoms with Crippen LogP contribution in [0.3, 0.4) is 0 Å². The average molecular weight is 1820 g/mol. The van der Waals surface area contributed by atoms with Crippen LogP contribution in [0.2, 0.25) is 0 Å². The summed E-state index contributed by atoms with van der Waals surface area (Å²) in [5, 5.41) is 23.0. The van der Waals surface area contributed by atoms with E-state index in [1.54, 1.807) is 0 Å². The zero-order valence-corrected chi connectivity index (χ0v) is 85.7. The monoisotopic (exact) mass is 1820 g/mol. The van der Waals surface area contributed by atoms with Crippen LogP contribution in [0.4, 0.5) is 64.7 Å². The predicted molar refractivity (Wildman–Crippen MR) is 570 cm³/mol. The molecule has 0 bridgehead atoms. The van der Waals surface area contributed by atoms with Crippen molar-refractivity contribution in [3.05, 3.63) is 239 Å². The van der Waals surface area contributed by atoms with Crippen molar-refractivity contribution in [1.82, 2.24) is 0 Å². The molecule has 0 atom stereocenters. The van der Waals surface area contributed by atoms with Crippen molar-refractivity contribution in [2.75, 3.05) is 94.9 Å². The Morgan fingerprint density at radius 2 is 0.250 bits per heavy atom. The zero-order chi connectivity index (χ0) is 94.8. The maximum absolute atomic E-state index is 12.1. The topological polar surface area (TPSA) is 165 Å². The number of halogens is 2. The summed E-state index contributed by atoms with van der Waals surface area (Å²) in [6.07, 6.45) is 50.0. The fourth-order valence-corrected chi connectivity index (χ4v) is 15.5. The normalized spacial score (nSPS) is 10.7. The highest BCUT2D eigenvalue weighted by Crippen LogP contribution is 2.24. The summed E-state index contributed by atoms with van der Waals surface area (Å²) in [6, 6.07) is 63.7. The van der Waals surface area contributed by atoms with Gasteiger partial charge in [0, 0.05) is 45.5 Å². The summed E-state index contributed by atoms with van der Waals surface area (Å²) in [7, 11) is 0. The standard InChI is InChI=1S/4C21H28N2O.2C16H36N.2FH/c4*1-3-5-7-17-9-13-19(14-10-17)22-21(24)23-20-15-11-18(12-16-20)8-6-4-2;2*1-5-9-13-17(14-10-6-2,15-11-7-3)16-12-8-4;;/h4*9-16H,3-8H2,1-2H3,(H2,22,23,24);2*5-16H2,1-4H3;2*1H/q;;;;2*+1;;/p-2. The molecule has 0 aliphatic heterocycles. The second-order valence-corrected chi connectivity index (χ2v) is 36.0. The molecule has 0 spiro atoms. The first-order valence-corrected chi connectivity index (χ1v) is 52.1. The SMILES string of the molecule is CCCC[N+](CCCC)(CCCC)CCCC.CCCC[N+](CCCC)(CCCC)CCCC.CCCCc1ccc(NC(=O)Nc2ccc(CCCC)cc2)cc1.CCCCc1ccc(NC(=O)Nc2ccc(CCCC)cc2)cc1.CCCCc1ccc(NC(=O)Nc2ccc(CCCC)cc2)cc1.CCCCc1ccc(NC(=O)Nc2ccc(CCCC)cc2)cc1.[F-].[F-]. The molecule has 0 aliphatic rings. The molecule has 8 rings (SSSR count). The molecule has 132 heavy (non-hydrogen) atoms. The van der Waals surface area contributed by atoms with E-state index in [2.05, 4.69) is 250 Å². The van der Waals surface area contributed by atoms with Crippen LogP contribution in [0.1, 0.15) is 361 Å². The minimum absolute atomic E-state index is 0. The molecule has 8 N–H and O–H groups in total. The average Bonchev–Trinajstić information content (AvgIpc) is 0.872. The highest BCUT2D eigenvalue weighted by Gasteiger charge is 2.26. The van der Waals surface area contributed by atoms with Gasteiger partial charge in [-0.15, -0.1) is 0 Å². The molecule has 8 aromatic rings. The van der Waals surface area contributed by atoms with Gasteiger partial charge >= 0.3 is 24.1 Å². The van der Waals surface area contributed by atoms with Crippen molar-refractivity contribution in [3.8, 4) is 0 Å². The molecular formula is C116H184F2N10O4. The third kappa shape index (κ3) is 56.6. The number of hydrogen-bond acceptors (Lipinski definition) is 4. The second-order valence-electron chi connectivity index (χ2n) is 36.0. The van der Waals surface area contributed by atoms with E-state index >= 15 is 0 Å². The van der Waals surface area contributed by atoms with Gasteiger partial charge in [-0.05, 0) is 296 Å². The van der Waals surface area contributed by atoms with E-state index in [9.17, 15) is 19.2 Å². The van der Waals surface area contributed by atoms with E-state index in [-0.39, 0.29) is 33.5 Å². The number of quaternary nitrogens is 2. The molecule has 0 aliphatic carbocycles. The molecule has 0 saturated heterocycles. The number of aryl methyl sites for hydroxylation is 8. The Morgan fingerprint density at radius 1 is 0.159 bits per heavy atom. The number of anilines is 8. The van der Waals surface area contributed by atoms with Crippen LogP contribution in [0.15, 0.2) is 194 Å². The number of nitrogens with one attached hydrogen (secondary N) is 8. The molecule has 0 unspecified atom stereocenters. The largest absolute Gasteiger partial charge is 1.00 e. The summed E-state index contributed by atoms with van der Waals surface area (Å²) < 4.78 is 2.84. The van der Waals surface area contributed by atoms with E-state index in [4.69, 9.17) is 0 Å². The van der Waals surface area contributed by atoms with E-state index in [0.29, 0.717) is 0 Å². The lowest BCUT2D eigenvalue weighted by molar-refractivity contribution is -0.929. The van der Waals surface area contributed by atoms with Crippen LogP contribution in [0.5, 0.6) is 0 Å². The van der Waals surface area contributed by atoms with Gasteiger partial charge in [-0.3, -0.25) is 0 Å². The van der Waals surface area contributed by atoms with Crippen LogP contribution >= 0.6 is 0 Å². The highest BCUT2D eigenvalue weighted by atomic mass is 19.0. The number of rotatable bonds is 56. The first kappa shape index (κ1) is 121. The van der Waals surface area contributed by atoms with Crippen molar-refractivity contribution >= 4 is 69.6 Å². The molecule has 0 aromatic heterocycles. The van der Waals surface area contributed by atoms with E-state index in [1.807, 2.05) is 97.1 Å². The number of nitrogens with zero attached hydrogens (tertiary/aromatic N) is 2. The molecule has 0 radical (unpaired) electrons. The van der Waals surface area contributed by atoms with Gasteiger partial charge in [0.15, 0.2) is 0 Å². The number of urea groups is 4. The number of carbonyl (C=O) groups is 4. The van der Waals surface area contributed by atoms with Crippen molar-refractivity contribution in [1.29, 1.82) is 0 Å². The van der Waals surface area contributed by atoms with Gasteiger partial charge in [0.05, 0.1) is 52.4 Å². The van der Waals surface area contributed by atoms with Gasteiger partial charge in [-0.1, -0.05) is 311 Å². The first-order valence-electron chi connectivity index (χ1n) is 52.1. The lowest BCUT2D eigenvalue weighted by Crippen LogP contribution is -3.00. The van der Waals surface area contributed by atoms with Crippen LogP contribution in [0.25, 0.3) is 0 Å². The number of amides is 8. The number of hydrogen-bond donors (Lipinski definition) is 8. The maximum Gasteiger partial charge on any atom is 0.323 e. The second kappa shape index (κ2) is 78.0. The van der Waals surface area contributed by atoms with Crippen LogP contribution in [-0.2, 0) is 51.4 Å². The molecular weight excluding hydrogens is 1640 g/mol. The predicted octanol–water partition coefficient (Wildman–Crippen LogP) is 28.1. The number of carbonyl (C=O) groups excluding carboxylic acids is 4. The Labute approximate surface area is 803 Å². The first-order chi connectivity index (χ1) is 63.3. The fourth-order valence-electron chi connectivity index (χ4n) is 15.5. The minimum Gasteiger partial charge on any atom is -1.00 e. The van der Waals surface area contributed by atoms with Crippen molar-refractivity contribution in [2.45, 2.75) is 368 Å². The summed E-state index contributed by atoms with van der Waals surface area (Å²) in [5.41, 5.74) is 17.0. The third-order valence-corrected chi connectivity index (χ3v) is 24.1. The van der Waals surface area contributed by atoms with Crippen molar-refractivity contribution in [3.63, 3.8) is 0 Å². The Bertz CT molecular complexity index is 3300. The van der Waals surface area contributed by atoms with Crippen molar-refractivity contribution < 1.29 is 37.6 Å². The lowest BCUT2D eigenvalue weighted by atomic mass is 10.1. The third-order valence-electron chi connectivity index (χ3n) is 24.1. The molecule has 16 heteroatoms. The van der Waals surface area contributed by atoms with Gasteiger partial charge in [0.2, 0.25) is 0 Å². The molecule has 8 amide bonds. The Balaban J connectivity index is 0.000000795. The van der Waals surface area contributed by atoms with E-state index < -0.39 is 0 Å². The quantitative estimate of drug-likeness (QED) is 0.0178. The molecule has 0 heterocycles. The molecule has 736 valence electrons. The van der Waals surface area contributed by atoms with Gasteiger partial charge < -0.3 is 60.9 Å². The van der Waals surface area contributed by atoms with Crippen LogP contribution in [0, 0.1) is 0 Å². The maximum atomic E-state index is 12.1. The number of unbranched alkanes of at least 4 members (excludes halogenated alkanes) is 16. The summed E-state index contributed by atoms with van der Waals surface area (Å²) in [4.78, 5) is 48.3. The molecule has 14 nitrogen and oxygen atoms in total. The summed E-state index contributed by atoms with van der Waals surface area (Å²) in [6.45, 7) is 47.6. The highest BCUT2D eigenvalue weighted by molar-refractivity contribution is 6.02. The van der Waals surface area contributed by atoms with Gasteiger partial charge in [-0.2, -0.15) is 0 Å². The van der Waals surface area contributed by atoms with Gasteiger partial charge in [0.25, 0.3) is 0 Å². The van der Waals surface area contributed by atoms with Crippen LogP contribution in [-0.4, -0.2) is 85.4 Å². The number of benzene rings is 8. The summed E-state index contributed by atoms with van der Waals surface area (Å²) in [5.74, 6) is 0. The van der Waals surface area contributed by atoms with E-state index in [0.717, 1.165) is 96.9 Å². The smallest absolute Gasteiger partial charge is 0.323 e. The van der Waals surface area contributed by atoms with Crippen molar-refractivity contribution in [2.24, 2.45) is 0 Å². The zero-order valence-electron chi connectivity index (χ0n) is 85.7. The van der Waals surface area contributed by atoms with Gasteiger partial charge in [0.1, 0.15) is 0 Å². The Hall–Kier alpha value is -9.38. The minimum atomic E-state index is -0.211. The Kier molecular flexibility index (Phi) is 71.3. The summed E-state index contributed by atoms with van der Waals surface area (Å²) >= 11 is 0. The van der Waals surface area contributed by atoms with Gasteiger partial charge in [-0.25, -0.2) is 19.2 Å². The molecule has 0 saturated carbocycles. The molecule has 0 fully saturated rings. The fraction of sp³-hybridized carbons (Fsp3) is 0.552. The lowest BCUT2D eigenvalue weighted by Gasteiger charge is -2.39. The van der Waals surface area contributed by atoms with E-state index in [1.165, 1.54) is 311 Å². The molecule has 8 aromatic carbocycles.